The van der Waals surface area contributed by atoms with E-state index < -0.39 is 0 Å². The molecule has 0 heterocycles. The number of ketones is 1. The summed E-state index contributed by atoms with van der Waals surface area (Å²) >= 11 is 0. The predicted molar refractivity (Wildman–Crippen MR) is 148 cm³/mol. The van der Waals surface area contributed by atoms with Gasteiger partial charge in [-0.15, -0.1) is 0 Å². The lowest BCUT2D eigenvalue weighted by Crippen LogP contribution is -2.22. The van der Waals surface area contributed by atoms with Gasteiger partial charge in [0.2, 0.25) is 0 Å². The van der Waals surface area contributed by atoms with E-state index in [1.807, 2.05) is 38.1 Å². The molecule has 0 spiro atoms. The molecule has 3 rings (SSSR count). The molecular formula is C31H35FN2O2. The Morgan fingerprint density at radius 3 is 2.25 bits per heavy atom. The van der Waals surface area contributed by atoms with Gasteiger partial charge in [-0.25, -0.2) is 4.39 Å². The zero-order valence-electron chi connectivity index (χ0n) is 22.0. The lowest BCUT2D eigenvalue weighted by Gasteiger charge is -2.23. The van der Waals surface area contributed by atoms with Crippen molar-refractivity contribution in [3.8, 4) is 11.1 Å². The number of rotatable bonds is 9. The number of nitrogens with one attached hydrogen (secondary N) is 2. The van der Waals surface area contributed by atoms with Crippen LogP contribution in [-0.2, 0) is 4.79 Å². The Bertz CT molecular complexity index is 1290. The highest BCUT2D eigenvalue weighted by Gasteiger charge is 2.24. The number of carbonyl (C=O) groups excluding carboxylic acids is 2. The van der Waals surface area contributed by atoms with Gasteiger partial charge in [0.25, 0.3) is 5.91 Å². The van der Waals surface area contributed by atoms with Crippen molar-refractivity contribution in [2.75, 3.05) is 18.9 Å². The Kier molecular flexibility index (Phi) is 8.81. The molecule has 0 aromatic heterocycles. The highest BCUT2D eigenvalue weighted by atomic mass is 19.1. The number of amides is 1. The van der Waals surface area contributed by atoms with Crippen LogP contribution in [0, 0.1) is 18.7 Å². The third-order valence-corrected chi connectivity index (χ3v) is 6.57. The Labute approximate surface area is 213 Å². The van der Waals surface area contributed by atoms with Crippen LogP contribution in [0.5, 0.6) is 0 Å². The third kappa shape index (κ3) is 5.73. The van der Waals surface area contributed by atoms with E-state index in [-0.39, 0.29) is 23.4 Å². The largest absolute Gasteiger partial charge is 0.385 e. The second-order valence-corrected chi connectivity index (χ2v) is 9.06. The summed E-state index contributed by atoms with van der Waals surface area (Å²) in [5.41, 5.74) is 7.38. The highest BCUT2D eigenvalue weighted by Crippen LogP contribution is 2.39. The molecule has 0 saturated carbocycles. The maximum Gasteiger partial charge on any atom is 0.251 e. The molecule has 3 aromatic rings. The molecular weight excluding hydrogens is 451 g/mol. The van der Waals surface area contributed by atoms with Crippen molar-refractivity contribution in [2.24, 2.45) is 5.92 Å². The van der Waals surface area contributed by atoms with Crippen molar-refractivity contribution >= 4 is 28.5 Å². The molecule has 0 aliphatic carbocycles. The second kappa shape index (κ2) is 11.8. The van der Waals surface area contributed by atoms with Crippen molar-refractivity contribution in [1.29, 1.82) is 0 Å². The van der Waals surface area contributed by atoms with Gasteiger partial charge in [-0.05, 0) is 91.3 Å². The Morgan fingerprint density at radius 1 is 0.972 bits per heavy atom. The fourth-order valence-corrected chi connectivity index (χ4v) is 4.48. The zero-order chi connectivity index (χ0) is 26.4. The Hall–Kier alpha value is -3.73. The summed E-state index contributed by atoms with van der Waals surface area (Å²) in [7, 11) is 1.63. The molecule has 36 heavy (non-hydrogen) atoms. The first kappa shape index (κ1) is 26.9. The molecule has 3 aromatic carbocycles. The number of Topliss-reactive ketones (excluding diaryl/α,β-unsaturated/α-hetero) is 1. The van der Waals surface area contributed by atoms with E-state index in [1.165, 1.54) is 12.1 Å². The van der Waals surface area contributed by atoms with Crippen LogP contribution in [0.25, 0.3) is 22.3 Å². The number of likely N-dealkylation sites (N-methyl/N-ethyl adjacent to an activating group) is 1. The first-order chi connectivity index (χ1) is 17.2. The quantitative estimate of drug-likeness (QED) is 0.192. The number of aryl methyl sites for hydroxylation is 1. The van der Waals surface area contributed by atoms with E-state index in [0.717, 1.165) is 52.0 Å². The smallest absolute Gasteiger partial charge is 0.251 e. The second-order valence-electron chi connectivity index (χ2n) is 9.06. The van der Waals surface area contributed by atoms with E-state index in [9.17, 15) is 14.0 Å². The van der Waals surface area contributed by atoms with E-state index in [0.29, 0.717) is 11.1 Å². The molecule has 1 amide bonds. The van der Waals surface area contributed by atoms with E-state index >= 15 is 0 Å². The number of anilines is 1. The van der Waals surface area contributed by atoms with Gasteiger partial charge in [0.1, 0.15) is 5.82 Å². The SMILES string of the molecule is CCNc1cc(C)c(/C(C(=O)NC)=C(/c2ccc(F)cc2)C(C)CC)cc1-c1cccc(C(C)=O)c1. The minimum Gasteiger partial charge on any atom is -0.385 e. The van der Waals surface area contributed by atoms with Gasteiger partial charge in [-0.1, -0.05) is 44.2 Å². The maximum atomic E-state index is 13.8. The van der Waals surface area contributed by atoms with Crippen LogP contribution < -0.4 is 10.6 Å². The summed E-state index contributed by atoms with van der Waals surface area (Å²) in [6.07, 6.45) is 0.815. The molecule has 0 fully saturated rings. The molecule has 4 nitrogen and oxygen atoms in total. The number of hydrogen-bond donors (Lipinski definition) is 2. The van der Waals surface area contributed by atoms with Gasteiger partial charge in [-0.2, -0.15) is 0 Å². The lowest BCUT2D eigenvalue weighted by molar-refractivity contribution is -0.115. The summed E-state index contributed by atoms with van der Waals surface area (Å²) < 4.78 is 13.8. The molecule has 2 N–H and O–H groups in total. The lowest BCUT2D eigenvalue weighted by atomic mass is 9.82. The molecule has 188 valence electrons. The standard InChI is InChI=1S/C31H35FN2O2/c1-7-19(3)29(22-12-14-25(32)15-13-22)30(31(36)33-6)26-18-27(28(34-8-2)16-20(26)4)24-11-9-10-23(17-24)21(5)35/h9-19,34H,7-8H2,1-6H3,(H,33,36)/b30-29-. The summed E-state index contributed by atoms with van der Waals surface area (Å²) in [5.74, 6) is -0.462. The Balaban J connectivity index is 2.40. The van der Waals surface area contributed by atoms with Crippen molar-refractivity contribution < 1.29 is 14.0 Å². The van der Waals surface area contributed by atoms with Crippen LogP contribution in [0.3, 0.4) is 0 Å². The predicted octanol–water partition coefficient (Wildman–Crippen LogP) is 7.14. The highest BCUT2D eigenvalue weighted by molar-refractivity contribution is 6.27. The average molecular weight is 487 g/mol. The summed E-state index contributed by atoms with van der Waals surface area (Å²) in [6, 6.07) is 18.0. The summed E-state index contributed by atoms with van der Waals surface area (Å²) in [4.78, 5) is 25.5. The van der Waals surface area contributed by atoms with Crippen LogP contribution in [-0.4, -0.2) is 25.3 Å². The molecule has 0 radical (unpaired) electrons. The van der Waals surface area contributed by atoms with E-state index in [1.54, 1.807) is 32.2 Å². The number of benzene rings is 3. The first-order valence-electron chi connectivity index (χ1n) is 12.4. The molecule has 0 aliphatic rings. The zero-order valence-corrected chi connectivity index (χ0v) is 22.0. The van der Waals surface area contributed by atoms with Gasteiger partial charge < -0.3 is 10.6 Å². The average Bonchev–Trinajstić information content (AvgIpc) is 2.88. The van der Waals surface area contributed by atoms with Crippen LogP contribution in [0.1, 0.15) is 61.2 Å². The topological polar surface area (TPSA) is 58.2 Å². The minimum atomic E-state index is -0.317. The van der Waals surface area contributed by atoms with Crippen molar-refractivity contribution in [3.05, 3.63) is 88.7 Å². The normalized spacial score (nSPS) is 12.5. The van der Waals surface area contributed by atoms with E-state index in [4.69, 9.17) is 0 Å². The van der Waals surface area contributed by atoms with Gasteiger partial charge in [-0.3, -0.25) is 9.59 Å². The van der Waals surface area contributed by atoms with Crippen molar-refractivity contribution in [3.63, 3.8) is 0 Å². The van der Waals surface area contributed by atoms with Crippen LogP contribution in [0.15, 0.2) is 60.7 Å². The van der Waals surface area contributed by atoms with Crippen LogP contribution in [0.4, 0.5) is 10.1 Å². The molecule has 0 saturated heterocycles. The van der Waals surface area contributed by atoms with Gasteiger partial charge in [0.05, 0.1) is 5.57 Å². The minimum absolute atomic E-state index is 0.00417. The summed E-state index contributed by atoms with van der Waals surface area (Å²) in [5, 5.41) is 6.25. The Morgan fingerprint density at radius 2 is 1.67 bits per heavy atom. The number of carbonyl (C=O) groups is 2. The van der Waals surface area contributed by atoms with E-state index in [2.05, 4.69) is 30.5 Å². The van der Waals surface area contributed by atoms with Crippen molar-refractivity contribution in [1.82, 2.24) is 5.32 Å². The van der Waals surface area contributed by atoms with Crippen molar-refractivity contribution in [2.45, 2.75) is 41.0 Å². The fraction of sp³-hybridized carbons (Fsp3) is 0.290. The maximum absolute atomic E-state index is 13.8. The summed E-state index contributed by atoms with van der Waals surface area (Å²) in [6.45, 7) is 10.5. The molecule has 0 aliphatic heterocycles. The van der Waals surface area contributed by atoms with Gasteiger partial charge >= 0.3 is 0 Å². The fourth-order valence-electron chi connectivity index (χ4n) is 4.48. The number of hydrogen-bond acceptors (Lipinski definition) is 3. The van der Waals surface area contributed by atoms with Crippen LogP contribution in [0.2, 0.25) is 0 Å². The number of allylic oxidation sites excluding steroid dienone is 1. The molecule has 1 atom stereocenters. The monoisotopic (exact) mass is 486 g/mol. The first-order valence-corrected chi connectivity index (χ1v) is 12.4. The van der Waals surface area contributed by atoms with Gasteiger partial charge in [0, 0.05) is 30.4 Å². The molecule has 5 heteroatoms. The molecule has 0 bridgehead atoms. The number of halogens is 1. The van der Waals surface area contributed by atoms with Gasteiger partial charge in [0.15, 0.2) is 5.78 Å². The molecule has 1 unspecified atom stereocenters. The third-order valence-electron chi connectivity index (χ3n) is 6.57. The van der Waals surface area contributed by atoms with Crippen LogP contribution >= 0.6 is 0 Å².